The second-order valence-corrected chi connectivity index (χ2v) is 9.85. The van der Waals surface area contributed by atoms with Gasteiger partial charge in [-0.1, -0.05) is 54.1 Å². The van der Waals surface area contributed by atoms with Crippen molar-refractivity contribution in [3.05, 3.63) is 94.6 Å². The second-order valence-electron chi connectivity index (χ2n) is 8.89. The summed E-state index contributed by atoms with van der Waals surface area (Å²) in [7, 11) is 0. The number of hydrogen-bond acceptors (Lipinski definition) is 7. The van der Waals surface area contributed by atoms with Gasteiger partial charge >= 0.3 is 0 Å². The number of rotatable bonds is 9. The Morgan fingerprint density at radius 2 is 1.67 bits per heavy atom. The number of benzene rings is 3. The molecule has 0 spiro atoms. The Labute approximate surface area is 231 Å². The topological polar surface area (TPSA) is 96.6 Å². The number of carbonyl (C=O) groups excluding carboxylic acids is 1. The fourth-order valence-electron chi connectivity index (χ4n) is 4.00. The van der Waals surface area contributed by atoms with E-state index in [2.05, 4.69) is 10.1 Å². The first-order valence-electron chi connectivity index (χ1n) is 12.6. The molecule has 3 aromatic rings. The summed E-state index contributed by atoms with van der Waals surface area (Å²) in [5.41, 5.74) is 3.95. The van der Waals surface area contributed by atoms with Crippen molar-refractivity contribution in [2.24, 2.45) is 10.1 Å². The minimum Gasteiger partial charge on any atom is -0.490 e. The fraction of sp³-hybridized carbons (Fsp3) is 0.200. The van der Waals surface area contributed by atoms with Crippen molar-refractivity contribution < 1.29 is 19.0 Å². The third-order valence-corrected chi connectivity index (χ3v) is 6.98. The van der Waals surface area contributed by atoms with Crippen LogP contribution in [0.25, 0.3) is 6.08 Å². The fourth-order valence-corrected chi connectivity index (χ4v) is 4.89. The van der Waals surface area contributed by atoms with E-state index in [1.807, 2.05) is 75.4 Å². The predicted octanol–water partition coefficient (Wildman–Crippen LogP) is 5.83. The Balaban J connectivity index is 1.31. The van der Waals surface area contributed by atoms with Crippen LogP contribution in [0.4, 0.5) is 0 Å². The third-order valence-electron chi connectivity index (χ3n) is 6.02. The third kappa shape index (κ3) is 5.88. The van der Waals surface area contributed by atoms with E-state index in [1.165, 1.54) is 16.8 Å². The van der Waals surface area contributed by atoms with Crippen LogP contribution >= 0.6 is 11.8 Å². The summed E-state index contributed by atoms with van der Waals surface area (Å²) in [6, 6.07) is 21.2. The highest BCUT2D eigenvalue weighted by Crippen LogP contribution is 2.33. The molecule has 0 aromatic heterocycles. The molecule has 0 aliphatic carbocycles. The van der Waals surface area contributed by atoms with Gasteiger partial charge in [-0.25, -0.2) is 0 Å². The first kappa shape index (κ1) is 26.2. The summed E-state index contributed by atoms with van der Waals surface area (Å²) < 4.78 is 17.5. The number of amides is 1. The standard InChI is InChI=1S/C30H28N4O4S/c1-4-36-26-18-21(11-14-25(26)38-16-15-37-24-8-6-5-7-20(24)3)17-23-27(31)34-30(32-28(23)35)39-29(33-34)22-12-9-19(2)10-13-22/h5-14,17-18,31H,4,15-16H2,1-3H3/b23-17-,31-27?. The Bertz CT molecular complexity index is 1510. The van der Waals surface area contributed by atoms with Gasteiger partial charge in [0.05, 0.1) is 12.2 Å². The van der Waals surface area contributed by atoms with Crippen LogP contribution in [-0.2, 0) is 4.79 Å². The van der Waals surface area contributed by atoms with Gasteiger partial charge in [0, 0.05) is 5.56 Å². The van der Waals surface area contributed by atoms with E-state index in [4.69, 9.17) is 19.6 Å². The van der Waals surface area contributed by atoms with E-state index in [-0.39, 0.29) is 11.4 Å². The molecule has 198 valence electrons. The van der Waals surface area contributed by atoms with Gasteiger partial charge in [0.2, 0.25) is 5.17 Å². The highest BCUT2D eigenvalue weighted by atomic mass is 32.2. The van der Waals surface area contributed by atoms with Crippen LogP contribution in [0, 0.1) is 19.3 Å². The highest BCUT2D eigenvalue weighted by Gasteiger charge is 2.36. The average molecular weight is 541 g/mol. The molecular weight excluding hydrogens is 512 g/mol. The molecule has 0 saturated heterocycles. The molecule has 8 nitrogen and oxygen atoms in total. The lowest BCUT2D eigenvalue weighted by Gasteiger charge is -2.20. The Kier molecular flexibility index (Phi) is 7.79. The monoisotopic (exact) mass is 540 g/mol. The highest BCUT2D eigenvalue weighted by molar-refractivity contribution is 8.27. The van der Waals surface area contributed by atoms with Crippen LogP contribution in [0.5, 0.6) is 17.2 Å². The summed E-state index contributed by atoms with van der Waals surface area (Å²) in [6.07, 6.45) is 1.63. The van der Waals surface area contributed by atoms with E-state index in [0.29, 0.717) is 47.1 Å². The number of amidine groups is 2. The average Bonchev–Trinajstić information content (AvgIpc) is 3.35. The largest absolute Gasteiger partial charge is 0.490 e. The number of nitrogens with zero attached hydrogens (tertiary/aromatic N) is 3. The van der Waals surface area contributed by atoms with Crippen LogP contribution in [0.1, 0.15) is 29.2 Å². The van der Waals surface area contributed by atoms with E-state index in [9.17, 15) is 4.79 Å². The number of nitrogens with one attached hydrogen (secondary N) is 1. The number of fused-ring (bicyclic) bond motifs is 1. The molecule has 0 unspecified atom stereocenters. The van der Waals surface area contributed by atoms with Crippen molar-refractivity contribution in [1.29, 1.82) is 5.41 Å². The van der Waals surface area contributed by atoms with Gasteiger partial charge < -0.3 is 14.2 Å². The van der Waals surface area contributed by atoms with Crippen LogP contribution in [-0.4, -0.2) is 46.8 Å². The van der Waals surface area contributed by atoms with Crippen molar-refractivity contribution in [2.75, 3.05) is 19.8 Å². The molecule has 39 heavy (non-hydrogen) atoms. The van der Waals surface area contributed by atoms with Crippen molar-refractivity contribution in [3.8, 4) is 17.2 Å². The SMILES string of the molecule is CCOc1cc(/C=C2/C(=N)N3N=C(c4ccc(C)cc4)SC3=NC2=O)ccc1OCCOc1ccccc1C. The smallest absolute Gasteiger partial charge is 0.283 e. The van der Waals surface area contributed by atoms with Crippen LogP contribution in [0.3, 0.4) is 0 Å². The molecule has 0 saturated carbocycles. The van der Waals surface area contributed by atoms with Gasteiger partial charge in [-0.05, 0) is 67.9 Å². The van der Waals surface area contributed by atoms with Crippen molar-refractivity contribution in [1.82, 2.24) is 5.01 Å². The molecule has 9 heteroatoms. The maximum absolute atomic E-state index is 12.9. The van der Waals surface area contributed by atoms with Gasteiger partial charge in [0.15, 0.2) is 17.3 Å². The van der Waals surface area contributed by atoms with Crippen LogP contribution in [0.2, 0.25) is 0 Å². The number of ether oxygens (including phenoxy) is 3. The number of aryl methyl sites for hydroxylation is 2. The molecule has 0 atom stereocenters. The van der Waals surface area contributed by atoms with Gasteiger partial charge in [-0.2, -0.15) is 15.1 Å². The maximum atomic E-state index is 12.9. The molecule has 2 aliphatic rings. The molecule has 1 amide bonds. The quantitative estimate of drug-likeness (QED) is 0.271. The lowest BCUT2D eigenvalue weighted by Crippen LogP contribution is -2.35. The zero-order chi connectivity index (χ0) is 27.4. The second kappa shape index (κ2) is 11.6. The summed E-state index contributed by atoms with van der Waals surface area (Å²) >= 11 is 1.28. The Hall–Kier alpha value is -4.37. The molecule has 3 aromatic carbocycles. The summed E-state index contributed by atoms with van der Waals surface area (Å²) in [4.78, 5) is 17.1. The molecule has 0 fully saturated rings. The number of hydrazone groups is 1. The molecule has 2 heterocycles. The molecule has 0 bridgehead atoms. The summed E-state index contributed by atoms with van der Waals surface area (Å²) in [6.45, 7) is 7.07. The minimum absolute atomic E-state index is 0.0220. The zero-order valence-corrected chi connectivity index (χ0v) is 22.7. The van der Waals surface area contributed by atoms with E-state index in [0.717, 1.165) is 22.4 Å². The first-order chi connectivity index (χ1) is 18.9. The van der Waals surface area contributed by atoms with E-state index >= 15 is 0 Å². The lowest BCUT2D eigenvalue weighted by atomic mass is 10.1. The van der Waals surface area contributed by atoms with Crippen molar-refractivity contribution in [3.63, 3.8) is 0 Å². The normalized spacial score (nSPS) is 15.7. The molecule has 0 radical (unpaired) electrons. The number of thioether (sulfide) groups is 1. The van der Waals surface area contributed by atoms with Gasteiger partial charge in [-0.3, -0.25) is 10.2 Å². The molecule has 2 aliphatic heterocycles. The predicted molar refractivity (Wildman–Crippen MR) is 155 cm³/mol. The summed E-state index contributed by atoms with van der Waals surface area (Å²) in [5.74, 6) is 1.43. The Morgan fingerprint density at radius 3 is 2.41 bits per heavy atom. The van der Waals surface area contributed by atoms with Crippen molar-refractivity contribution in [2.45, 2.75) is 20.8 Å². The number of hydrogen-bond donors (Lipinski definition) is 1. The van der Waals surface area contributed by atoms with E-state index in [1.54, 1.807) is 18.2 Å². The van der Waals surface area contributed by atoms with Gasteiger partial charge in [0.1, 0.15) is 24.0 Å². The number of carbonyl (C=O) groups is 1. The lowest BCUT2D eigenvalue weighted by molar-refractivity contribution is -0.114. The first-order valence-corrected chi connectivity index (χ1v) is 13.4. The molecule has 5 rings (SSSR count). The van der Waals surface area contributed by atoms with Gasteiger partial charge in [0.25, 0.3) is 5.91 Å². The minimum atomic E-state index is -0.481. The van der Waals surface area contributed by atoms with Gasteiger partial charge in [-0.15, -0.1) is 0 Å². The molecular formula is C30H28N4O4S. The molecule has 1 N–H and O–H groups in total. The number of para-hydroxylation sites is 1. The van der Waals surface area contributed by atoms with Crippen molar-refractivity contribution >= 4 is 39.8 Å². The van der Waals surface area contributed by atoms with Crippen LogP contribution < -0.4 is 14.2 Å². The van der Waals surface area contributed by atoms with Crippen LogP contribution in [0.15, 0.2) is 82.4 Å². The maximum Gasteiger partial charge on any atom is 0.283 e. The zero-order valence-electron chi connectivity index (χ0n) is 21.9. The number of aliphatic imine (C=N–C) groups is 1. The Morgan fingerprint density at radius 1 is 0.923 bits per heavy atom. The summed E-state index contributed by atoms with van der Waals surface area (Å²) in [5, 5.41) is 15.7. The van der Waals surface area contributed by atoms with E-state index < -0.39 is 5.91 Å².